The van der Waals surface area contributed by atoms with E-state index in [2.05, 4.69) is 5.32 Å². The first-order chi connectivity index (χ1) is 10.6. The van der Waals surface area contributed by atoms with Gasteiger partial charge in [0.1, 0.15) is 11.9 Å². The summed E-state index contributed by atoms with van der Waals surface area (Å²) in [7, 11) is 0. The number of hydrogen-bond donors (Lipinski definition) is 1. The number of rotatable bonds is 3. The van der Waals surface area contributed by atoms with Crippen LogP contribution >= 0.6 is 11.5 Å². The Morgan fingerprint density at radius 3 is 2.73 bits per heavy atom. The molecule has 1 amide bonds. The lowest BCUT2D eigenvalue weighted by molar-refractivity contribution is -0.118. The molecule has 0 aliphatic carbocycles. The van der Waals surface area contributed by atoms with Crippen molar-refractivity contribution in [3.8, 4) is 0 Å². The van der Waals surface area contributed by atoms with Crippen molar-refractivity contribution in [1.82, 2.24) is 3.96 Å². The Morgan fingerprint density at radius 2 is 2.00 bits per heavy atom. The van der Waals surface area contributed by atoms with Crippen molar-refractivity contribution in [3.63, 3.8) is 0 Å². The summed E-state index contributed by atoms with van der Waals surface area (Å²) in [4.78, 5) is 24.6. The first kappa shape index (κ1) is 14.5. The van der Waals surface area contributed by atoms with Gasteiger partial charge in [-0.05, 0) is 37.3 Å². The van der Waals surface area contributed by atoms with Gasteiger partial charge in [-0.15, -0.1) is 0 Å². The molecule has 22 heavy (non-hydrogen) atoms. The Labute approximate surface area is 130 Å². The van der Waals surface area contributed by atoms with Crippen LogP contribution in [0.1, 0.15) is 13.0 Å². The number of hydrogen-bond acceptors (Lipinski definition) is 3. The Morgan fingerprint density at radius 1 is 1.23 bits per heavy atom. The molecule has 3 aromatic rings. The molecule has 1 unspecified atom stereocenters. The van der Waals surface area contributed by atoms with Gasteiger partial charge in [-0.25, -0.2) is 4.39 Å². The Hall–Kier alpha value is -2.47. The Kier molecular flexibility index (Phi) is 3.77. The van der Waals surface area contributed by atoms with Gasteiger partial charge >= 0.3 is 0 Å². The van der Waals surface area contributed by atoms with E-state index in [-0.39, 0.29) is 11.5 Å². The third-order valence-electron chi connectivity index (χ3n) is 3.34. The maximum Gasteiger partial charge on any atom is 0.269 e. The van der Waals surface area contributed by atoms with Gasteiger partial charge in [-0.2, -0.15) is 0 Å². The van der Waals surface area contributed by atoms with Crippen LogP contribution in [0.5, 0.6) is 0 Å². The summed E-state index contributed by atoms with van der Waals surface area (Å²) >= 11 is 1.24. The topological polar surface area (TPSA) is 51.1 Å². The van der Waals surface area contributed by atoms with E-state index in [1.54, 1.807) is 25.1 Å². The molecule has 1 atom stereocenters. The van der Waals surface area contributed by atoms with E-state index >= 15 is 0 Å². The molecule has 112 valence electrons. The van der Waals surface area contributed by atoms with Crippen LogP contribution in [0.3, 0.4) is 0 Å². The monoisotopic (exact) mass is 316 g/mol. The number of nitrogens with zero attached hydrogens (tertiary/aromatic N) is 1. The highest BCUT2D eigenvalue weighted by Crippen LogP contribution is 2.20. The van der Waals surface area contributed by atoms with Crippen molar-refractivity contribution in [2.45, 2.75) is 13.0 Å². The van der Waals surface area contributed by atoms with Crippen molar-refractivity contribution in [1.29, 1.82) is 0 Å². The predicted octanol–water partition coefficient (Wildman–Crippen LogP) is 3.40. The van der Waals surface area contributed by atoms with Gasteiger partial charge in [0.2, 0.25) is 5.91 Å². The zero-order valence-corrected chi connectivity index (χ0v) is 12.6. The van der Waals surface area contributed by atoms with Crippen molar-refractivity contribution in [3.05, 3.63) is 64.7 Å². The summed E-state index contributed by atoms with van der Waals surface area (Å²) in [5.41, 5.74) is 0.175. The molecule has 0 saturated heterocycles. The molecule has 1 N–H and O–H groups in total. The molecular formula is C16H13FN2O2S. The minimum atomic E-state index is -0.673. The molecule has 0 saturated carbocycles. The zero-order valence-electron chi connectivity index (χ0n) is 11.7. The lowest BCUT2D eigenvalue weighted by Gasteiger charge is -2.12. The SMILES string of the molecule is CC(C(=O)Nc1cccc(F)c1)n1sc2ccccc2c1=O. The van der Waals surface area contributed by atoms with Gasteiger partial charge in [-0.3, -0.25) is 13.5 Å². The largest absolute Gasteiger partial charge is 0.324 e. The number of carbonyl (C=O) groups is 1. The fourth-order valence-electron chi connectivity index (χ4n) is 2.16. The van der Waals surface area contributed by atoms with Gasteiger partial charge in [0.05, 0.1) is 10.1 Å². The molecule has 0 radical (unpaired) electrons. The highest BCUT2D eigenvalue weighted by Gasteiger charge is 2.19. The summed E-state index contributed by atoms with van der Waals surface area (Å²) in [6.45, 7) is 1.64. The second-order valence-electron chi connectivity index (χ2n) is 4.89. The Balaban J connectivity index is 1.89. The average Bonchev–Trinajstić information content (AvgIpc) is 2.84. The van der Waals surface area contributed by atoms with Gasteiger partial charge in [-0.1, -0.05) is 29.7 Å². The third-order valence-corrected chi connectivity index (χ3v) is 4.57. The van der Waals surface area contributed by atoms with E-state index in [0.29, 0.717) is 11.1 Å². The fourth-order valence-corrected chi connectivity index (χ4v) is 3.20. The van der Waals surface area contributed by atoms with Crippen molar-refractivity contribution >= 4 is 33.2 Å². The summed E-state index contributed by atoms with van der Waals surface area (Å²) in [6, 6.07) is 12.2. The number of fused-ring (bicyclic) bond motifs is 1. The summed E-state index contributed by atoms with van der Waals surface area (Å²) in [5, 5.41) is 3.22. The molecule has 0 spiro atoms. The molecule has 4 nitrogen and oxygen atoms in total. The van der Waals surface area contributed by atoms with Crippen LogP contribution in [0.15, 0.2) is 53.3 Å². The number of nitrogens with one attached hydrogen (secondary N) is 1. The molecule has 0 aliphatic rings. The number of benzene rings is 2. The lowest BCUT2D eigenvalue weighted by atomic mass is 10.2. The molecule has 0 bridgehead atoms. The summed E-state index contributed by atoms with van der Waals surface area (Å²) < 4.78 is 15.4. The number of amides is 1. The van der Waals surface area contributed by atoms with Crippen molar-refractivity contribution in [2.75, 3.05) is 5.32 Å². The molecule has 3 rings (SSSR count). The van der Waals surface area contributed by atoms with Crippen molar-refractivity contribution < 1.29 is 9.18 Å². The van der Waals surface area contributed by atoms with Gasteiger partial charge < -0.3 is 5.32 Å². The predicted molar refractivity (Wildman–Crippen MR) is 85.8 cm³/mol. The minimum absolute atomic E-state index is 0.192. The molecule has 2 aromatic carbocycles. The summed E-state index contributed by atoms with van der Waals surface area (Å²) in [6.07, 6.45) is 0. The fraction of sp³-hybridized carbons (Fsp3) is 0.125. The van der Waals surface area contributed by atoms with Gasteiger partial charge in [0.15, 0.2) is 0 Å². The van der Waals surface area contributed by atoms with E-state index in [9.17, 15) is 14.0 Å². The first-order valence-electron chi connectivity index (χ1n) is 6.73. The van der Waals surface area contributed by atoms with Gasteiger partial charge in [0.25, 0.3) is 5.56 Å². The van der Waals surface area contributed by atoms with E-state index in [4.69, 9.17) is 0 Å². The average molecular weight is 316 g/mol. The van der Waals surface area contributed by atoms with Crippen molar-refractivity contribution in [2.24, 2.45) is 0 Å². The van der Waals surface area contributed by atoms with Crippen LogP contribution in [-0.4, -0.2) is 9.86 Å². The number of anilines is 1. The van der Waals surface area contributed by atoms with E-state index < -0.39 is 11.9 Å². The zero-order chi connectivity index (χ0) is 15.7. The quantitative estimate of drug-likeness (QED) is 0.805. The molecule has 1 heterocycles. The first-order valence-corrected chi connectivity index (χ1v) is 7.50. The van der Waals surface area contributed by atoms with Crippen LogP contribution in [0, 0.1) is 5.82 Å². The smallest absolute Gasteiger partial charge is 0.269 e. The third kappa shape index (κ3) is 2.65. The second-order valence-corrected chi connectivity index (χ2v) is 5.91. The van der Waals surface area contributed by atoms with E-state index in [1.807, 2.05) is 12.1 Å². The molecule has 0 fully saturated rings. The van der Waals surface area contributed by atoms with E-state index in [0.717, 1.165) is 4.70 Å². The molecular weight excluding hydrogens is 303 g/mol. The number of aromatic nitrogens is 1. The van der Waals surface area contributed by atoms with Crippen LogP contribution in [-0.2, 0) is 4.79 Å². The molecule has 0 aliphatic heterocycles. The lowest BCUT2D eigenvalue weighted by Crippen LogP contribution is -2.28. The van der Waals surface area contributed by atoms with Gasteiger partial charge in [0, 0.05) is 5.69 Å². The highest BCUT2D eigenvalue weighted by molar-refractivity contribution is 7.14. The minimum Gasteiger partial charge on any atom is -0.324 e. The Bertz CT molecular complexity index is 900. The number of carbonyl (C=O) groups excluding carboxylic acids is 1. The molecule has 6 heteroatoms. The van der Waals surface area contributed by atoms with Crippen LogP contribution in [0.25, 0.3) is 10.1 Å². The normalized spacial score (nSPS) is 12.3. The molecule has 1 aromatic heterocycles. The van der Waals surface area contributed by atoms with Crippen LogP contribution < -0.4 is 10.9 Å². The van der Waals surface area contributed by atoms with Crippen LogP contribution in [0.4, 0.5) is 10.1 Å². The van der Waals surface area contributed by atoms with Crippen LogP contribution in [0.2, 0.25) is 0 Å². The van der Waals surface area contributed by atoms with E-state index in [1.165, 1.54) is 33.7 Å². The standard InChI is InChI=1S/C16H13FN2O2S/c1-10(15(20)18-12-6-4-5-11(17)9-12)19-16(21)13-7-2-3-8-14(13)22-19/h2-10H,1H3,(H,18,20). The summed E-state index contributed by atoms with van der Waals surface area (Å²) in [5.74, 6) is -0.788. The maximum absolute atomic E-state index is 13.1. The number of halogens is 1. The maximum atomic E-state index is 13.1. The highest BCUT2D eigenvalue weighted by atomic mass is 32.1. The second kappa shape index (κ2) is 5.73.